The summed E-state index contributed by atoms with van der Waals surface area (Å²) in [5, 5.41) is 3.67. The zero-order valence-electron chi connectivity index (χ0n) is 8.05. The van der Waals surface area contributed by atoms with Crippen LogP contribution in [0.25, 0.3) is 0 Å². The van der Waals surface area contributed by atoms with Crippen molar-refractivity contribution in [3.05, 3.63) is 0 Å². The smallest absolute Gasteiger partial charge is 0.0207 e. The Morgan fingerprint density at radius 1 is 1.33 bits per heavy atom. The van der Waals surface area contributed by atoms with Gasteiger partial charge in [0, 0.05) is 12.6 Å². The molecular weight excluding hydrogens is 148 g/mol. The first kappa shape index (κ1) is 8.52. The van der Waals surface area contributed by atoms with Crippen molar-refractivity contribution in [1.29, 1.82) is 0 Å². The molecule has 0 aromatic heterocycles. The molecule has 0 bridgehead atoms. The van der Waals surface area contributed by atoms with Crippen molar-refractivity contribution < 1.29 is 0 Å². The summed E-state index contributed by atoms with van der Waals surface area (Å²) in [7, 11) is 2.21. The Labute approximate surface area is 75.3 Å². The molecule has 1 atom stereocenters. The Hall–Kier alpha value is -0.0800. The van der Waals surface area contributed by atoms with Crippen molar-refractivity contribution in [3.8, 4) is 0 Å². The Bertz CT molecular complexity index is 143. The van der Waals surface area contributed by atoms with Gasteiger partial charge in [0.05, 0.1) is 0 Å². The second-order valence-corrected chi connectivity index (χ2v) is 4.45. The van der Waals surface area contributed by atoms with E-state index in [1.165, 1.54) is 45.3 Å². The first-order chi connectivity index (χ1) is 5.84. The number of rotatable bonds is 3. The Morgan fingerprint density at radius 3 is 2.67 bits per heavy atom. The van der Waals surface area contributed by atoms with Gasteiger partial charge in [0.1, 0.15) is 0 Å². The van der Waals surface area contributed by atoms with Crippen LogP contribution < -0.4 is 5.32 Å². The second kappa shape index (κ2) is 3.75. The summed E-state index contributed by atoms with van der Waals surface area (Å²) in [4.78, 5) is 2.42. The summed E-state index contributed by atoms with van der Waals surface area (Å²) in [6, 6.07) is 0.788. The molecule has 0 radical (unpaired) electrons. The topological polar surface area (TPSA) is 15.3 Å². The molecule has 0 spiro atoms. The Balaban J connectivity index is 1.60. The van der Waals surface area contributed by atoms with Crippen molar-refractivity contribution in [2.45, 2.75) is 31.7 Å². The molecule has 1 saturated carbocycles. The van der Waals surface area contributed by atoms with Crippen LogP contribution in [0.15, 0.2) is 0 Å². The molecule has 1 heterocycles. The molecule has 1 saturated heterocycles. The van der Waals surface area contributed by atoms with Crippen molar-refractivity contribution in [1.82, 2.24) is 10.2 Å². The van der Waals surface area contributed by atoms with Crippen LogP contribution in [0.1, 0.15) is 25.7 Å². The standard InChI is InChI=1S/C10H20N2/c1-12-6-5-10(8-12)11-7-9-3-2-4-9/h9-11H,2-8H2,1H3/t10-/m0/s1. The maximum absolute atomic E-state index is 3.67. The second-order valence-electron chi connectivity index (χ2n) is 4.45. The maximum atomic E-state index is 3.67. The zero-order valence-corrected chi connectivity index (χ0v) is 8.05. The van der Waals surface area contributed by atoms with Gasteiger partial charge in [-0.15, -0.1) is 0 Å². The van der Waals surface area contributed by atoms with E-state index in [-0.39, 0.29) is 0 Å². The van der Waals surface area contributed by atoms with Crippen molar-refractivity contribution in [3.63, 3.8) is 0 Å². The highest BCUT2D eigenvalue weighted by molar-refractivity contribution is 4.81. The van der Waals surface area contributed by atoms with E-state index in [0.29, 0.717) is 0 Å². The molecule has 2 aliphatic rings. The molecule has 70 valence electrons. The molecule has 2 rings (SSSR count). The third-order valence-electron chi connectivity index (χ3n) is 3.31. The summed E-state index contributed by atoms with van der Waals surface area (Å²) in [5.41, 5.74) is 0. The number of hydrogen-bond acceptors (Lipinski definition) is 2. The molecule has 0 aromatic rings. The first-order valence-corrected chi connectivity index (χ1v) is 5.26. The molecule has 12 heavy (non-hydrogen) atoms. The van der Waals surface area contributed by atoms with Gasteiger partial charge in [0.15, 0.2) is 0 Å². The average molecular weight is 168 g/mol. The van der Waals surface area contributed by atoms with E-state index in [2.05, 4.69) is 17.3 Å². The van der Waals surface area contributed by atoms with Gasteiger partial charge in [-0.3, -0.25) is 0 Å². The number of hydrogen-bond donors (Lipinski definition) is 1. The van der Waals surface area contributed by atoms with Gasteiger partial charge in [0.2, 0.25) is 0 Å². The van der Waals surface area contributed by atoms with Gasteiger partial charge >= 0.3 is 0 Å². The molecule has 0 unspecified atom stereocenters. The zero-order chi connectivity index (χ0) is 8.39. The van der Waals surface area contributed by atoms with Gasteiger partial charge in [-0.25, -0.2) is 0 Å². The summed E-state index contributed by atoms with van der Waals surface area (Å²) in [6.07, 6.45) is 5.76. The monoisotopic (exact) mass is 168 g/mol. The molecule has 0 aromatic carbocycles. The number of nitrogens with zero attached hydrogens (tertiary/aromatic N) is 1. The minimum Gasteiger partial charge on any atom is -0.312 e. The van der Waals surface area contributed by atoms with Crippen molar-refractivity contribution >= 4 is 0 Å². The Morgan fingerprint density at radius 2 is 2.17 bits per heavy atom. The minimum absolute atomic E-state index is 0.788. The minimum atomic E-state index is 0.788. The van der Waals surface area contributed by atoms with Crippen LogP contribution in [0.4, 0.5) is 0 Å². The largest absolute Gasteiger partial charge is 0.312 e. The van der Waals surface area contributed by atoms with Gasteiger partial charge < -0.3 is 10.2 Å². The highest BCUT2D eigenvalue weighted by Gasteiger charge is 2.22. The summed E-state index contributed by atoms with van der Waals surface area (Å²) in [5.74, 6) is 1.01. The van der Waals surface area contributed by atoms with Gasteiger partial charge in [0.25, 0.3) is 0 Å². The van der Waals surface area contributed by atoms with E-state index in [1.807, 2.05) is 0 Å². The number of likely N-dealkylation sites (N-methyl/N-ethyl adjacent to an activating group) is 1. The van der Waals surface area contributed by atoms with Crippen LogP contribution in [0, 0.1) is 5.92 Å². The van der Waals surface area contributed by atoms with Crippen LogP contribution in [0.5, 0.6) is 0 Å². The fourth-order valence-electron chi connectivity index (χ4n) is 2.13. The first-order valence-electron chi connectivity index (χ1n) is 5.26. The summed E-state index contributed by atoms with van der Waals surface area (Å²) >= 11 is 0. The average Bonchev–Trinajstić information content (AvgIpc) is 2.32. The fourth-order valence-corrected chi connectivity index (χ4v) is 2.13. The van der Waals surface area contributed by atoms with E-state index in [9.17, 15) is 0 Å². The van der Waals surface area contributed by atoms with E-state index in [0.717, 1.165) is 12.0 Å². The highest BCUT2D eigenvalue weighted by Crippen LogP contribution is 2.25. The predicted molar refractivity (Wildman–Crippen MR) is 51.2 cm³/mol. The lowest BCUT2D eigenvalue weighted by Gasteiger charge is -2.27. The SMILES string of the molecule is CN1CC[C@H](NCC2CCC2)C1. The molecule has 1 N–H and O–H groups in total. The summed E-state index contributed by atoms with van der Waals surface area (Å²) in [6.45, 7) is 3.81. The third kappa shape index (κ3) is 1.99. The predicted octanol–water partition coefficient (Wildman–Crippen LogP) is 1.08. The molecule has 2 fully saturated rings. The van der Waals surface area contributed by atoms with E-state index in [1.54, 1.807) is 0 Å². The molecule has 1 aliphatic carbocycles. The van der Waals surface area contributed by atoms with E-state index < -0.39 is 0 Å². The highest BCUT2D eigenvalue weighted by atomic mass is 15.2. The van der Waals surface area contributed by atoms with Crippen LogP contribution >= 0.6 is 0 Å². The summed E-state index contributed by atoms with van der Waals surface area (Å²) < 4.78 is 0. The van der Waals surface area contributed by atoms with Crippen molar-refractivity contribution in [2.75, 3.05) is 26.7 Å². The van der Waals surface area contributed by atoms with Crippen LogP contribution in [-0.4, -0.2) is 37.6 Å². The van der Waals surface area contributed by atoms with Gasteiger partial charge in [-0.1, -0.05) is 6.42 Å². The molecule has 2 nitrogen and oxygen atoms in total. The van der Waals surface area contributed by atoms with Crippen LogP contribution in [-0.2, 0) is 0 Å². The van der Waals surface area contributed by atoms with Crippen molar-refractivity contribution in [2.24, 2.45) is 5.92 Å². The van der Waals surface area contributed by atoms with Crippen LogP contribution in [0.2, 0.25) is 0 Å². The molecule has 1 aliphatic heterocycles. The van der Waals surface area contributed by atoms with E-state index >= 15 is 0 Å². The fraction of sp³-hybridized carbons (Fsp3) is 1.00. The quantitative estimate of drug-likeness (QED) is 0.678. The Kier molecular flexibility index (Phi) is 2.66. The lowest BCUT2D eigenvalue weighted by Crippen LogP contribution is -2.36. The number of likely N-dealkylation sites (tertiary alicyclic amines) is 1. The third-order valence-corrected chi connectivity index (χ3v) is 3.31. The molecule has 2 heteroatoms. The normalized spacial score (nSPS) is 32.2. The lowest BCUT2D eigenvalue weighted by atomic mass is 9.85. The van der Waals surface area contributed by atoms with E-state index in [4.69, 9.17) is 0 Å². The van der Waals surface area contributed by atoms with Crippen LogP contribution in [0.3, 0.4) is 0 Å². The lowest BCUT2D eigenvalue weighted by molar-refractivity contribution is 0.287. The van der Waals surface area contributed by atoms with Gasteiger partial charge in [-0.05, 0) is 45.3 Å². The number of nitrogens with one attached hydrogen (secondary N) is 1. The molecular formula is C10H20N2. The molecule has 0 amide bonds. The maximum Gasteiger partial charge on any atom is 0.0207 e. The van der Waals surface area contributed by atoms with Gasteiger partial charge in [-0.2, -0.15) is 0 Å².